The fourth-order valence-corrected chi connectivity index (χ4v) is 4.87. The van der Waals surface area contributed by atoms with Crippen molar-refractivity contribution in [1.29, 1.82) is 0 Å². The van der Waals surface area contributed by atoms with Gasteiger partial charge in [0.2, 0.25) is 5.91 Å². The molecule has 2 unspecified atom stereocenters. The van der Waals surface area contributed by atoms with E-state index in [1.807, 2.05) is 4.90 Å². The number of rotatable bonds is 5. The zero-order valence-electron chi connectivity index (χ0n) is 17.0. The van der Waals surface area contributed by atoms with Gasteiger partial charge in [0.1, 0.15) is 0 Å². The average molecular weight is 379 g/mol. The lowest BCUT2D eigenvalue weighted by atomic mass is 9.85. The summed E-state index contributed by atoms with van der Waals surface area (Å²) in [5.41, 5.74) is 0. The van der Waals surface area contributed by atoms with E-state index in [1.54, 1.807) is 0 Å². The summed E-state index contributed by atoms with van der Waals surface area (Å²) in [7, 11) is 0. The standard InChI is InChI=1S/C21H38N4O2/c1-16(17-6-5-11-22-15-17)14-20(26)25-12-9-19(10-13-25)24-21(27)23-18-7-3-2-4-8-18/h16-19,22H,2-15H2,1H3,(H2,23,24,27). The van der Waals surface area contributed by atoms with Gasteiger partial charge in [-0.25, -0.2) is 4.79 Å². The van der Waals surface area contributed by atoms with E-state index in [2.05, 4.69) is 22.9 Å². The Morgan fingerprint density at radius 1 is 0.963 bits per heavy atom. The molecule has 3 rings (SSSR count). The third-order valence-electron chi connectivity index (χ3n) is 6.76. The second kappa shape index (κ2) is 10.3. The molecule has 3 N–H and O–H groups in total. The topological polar surface area (TPSA) is 73.5 Å². The molecular formula is C21H38N4O2. The molecule has 2 aliphatic heterocycles. The molecule has 0 bridgehead atoms. The Hall–Kier alpha value is -1.30. The molecule has 0 aromatic heterocycles. The zero-order valence-corrected chi connectivity index (χ0v) is 17.0. The Bertz CT molecular complexity index is 479. The smallest absolute Gasteiger partial charge is 0.315 e. The van der Waals surface area contributed by atoms with Gasteiger partial charge in [-0.15, -0.1) is 0 Å². The van der Waals surface area contributed by atoms with Gasteiger partial charge < -0.3 is 20.9 Å². The van der Waals surface area contributed by atoms with Gasteiger partial charge in [0, 0.05) is 31.6 Å². The Morgan fingerprint density at radius 2 is 1.63 bits per heavy atom. The lowest BCUT2D eigenvalue weighted by Crippen LogP contribution is -2.51. The number of piperidine rings is 2. The van der Waals surface area contributed by atoms with Crippen molar-refractivity contribution in [1.82, 2.24) is 20.9 Å². The highest BCUT2D eigenvalue weighted by Gasteiger charge is 2.28. The van der Waals surface area contributed by atoms with E-state index in [4.69, 9.17) is 0 Å². The number of urea groups is 1. The van der Waals surface area contributed by atoms with Crippen molar-refractivity contribution in [2.75, 3.05) is 26.2 Å². The van der Waals surface area contributed by atoms with Gasteiger partial charge in [-0.05, 0) is 63.5 Å². The molecule has 6 nitrogen and oxygen atoms in total. The fraction of sp³-hybridized carbons (Fsp3) is 0.905. The summed E-state index contributed by atoms with van der Waals surface area (Å²) >= 11 is 0. The minimum Gasteiger partial charge on any atom is -0.343 e. The van der Waals surface area contributed by atoms with Crippen molar-refractivity contribution < 1.29 is 9.59 Å². The van der Waals surface area contributed by atoms with E-state index in [9.17, 15) is 9.59 Å². The van der Waals surface area contributed by atoms with Crippen LogP contribution in [-0.2, 0) is 4.79 Å². The highest BCUT2D eigenvalue weighted by molar-refractivity contribution is 5.77. The summed E-state index contributed by atoms with van der Waals surface area (Å²) in [5.74, 6) is 1.37. The van der Waals surface area contributed by atoms with Crippen molar-refractivity contribution in [3.05, 3.63) is 0 Å². The lowest BCUT2D eigenvalue weighted by molar-refractivity contribution is -0.133. The number of nitrogens with one attached hydrogen (secondary N) is 3. The van der Waals surface area contributed by atoms with Gasteiger partial charge in [-0.3, -0.25) is 4.79 Å². The van der Waals surface area contributed by atoms with Gasteiger partial charge in [0.15, 0.2) is 0 Å². The SMILES string of the molecule is CC(CC(=O)N1CCC(NC(=O)NC2CCCCC2)CC1)C1CCCNC1. The summed E-state index contributed by atoms with van der Waals surface area (Å²) in [6, 6.07) is 0.513. The maximum Gasteiger partial charge on any atom is 0.315 e. The van der Waals surface area contributed by atoms with Crippen molar-refractivity contribution in [2.24, 2.45) is 11.8 Å². The van der Waals surface area contributed by atoms with E-state index in [0.717, 1.165) is 51.9 Å². The third-order valence-corrected chi connectivity index (χ3v) is 6.76. The van der Waals surface area contributed by atoms with E-state index in [1.165, 1.54) is 32.1 Å². The Kier molecular flexibility index (Phi) is 7.80. The van der Waals surface area contributed by atoms with Crippen LogP contribution in [0.1, 0.15) is 71.1 Å². The molecule has 6 heteroatoms. The molecule has 0 radical (unpaired) electrons. The Balaban J connectivity index is 1.34. The van der Waals surface area contributed by atoms with Crippen molar-refractivity contribution in [2.45, 2.75) is 83.2 Å². The molecule has 0 aromatic carbocycles. The largest absolute Gasteiger partial charge is 0.343 e. The number of carbonyl (C=O) groups excluding carboxylic acids is 2. The summed E-state index contributed by atoms with van der Waals surface area (Å²) in [6.07, 6.45) is 10.8. The minimum absolute atomic E-state index is 0.0231. The first-order valence-electron chi connectivity index (χ1n) is 11.2. The highest BCUT2D eigenvalue weighted by atomic mass is 16.2. The van der Waals surface area contributed by atoms with Crippen LogP contribution in [0, 0.1) is 11.8 Å². The van der Waals surface area contributed by atoms with Crippen LogP contribution in [0.2, 0.25) is 0 Å². The second-order valence-corrected chi connectivity index (χ2v) is 8.90. The number of likely N-dealkylation sites (tertiary alicyclic amines) is 1. The fourth-order valence-electron chi connectivity index (χ4n) is 4.87. The van der Waals surface area contributed by atoms with Crippen LogP contribution in [0.15, 0.2) is 0 Å². The molecule has 0 spiro atoms. The van der Waals surface area contributed by atoms with Gasteiger partial charge in [0.05, 0.1) is 0 Å². The monoisotopic (exact) mass is 378 g/mol. The van der Waals surface area contributed by atoms with Crippen LogP contribution in [0.3, 0.4) is 0 Å². The molecule has 1 saturated carbocycles. The van der Waals surface area contributed by atoms with Crippen LogP contribution in [0.25, 0.3) is 0 Å². The predicted octanol–water partition coefficient (Wildman–Crippen LogP) is 2.64. The molecule has 0 aromatic rings. The number of amides is 3. The van der Waals surface area contributed by atoms with Crippen LogP contribution < -0.4 is 16.0 Å². The Morgan fingerprint density at radius 3 is 2.26 bits per heavy atom. The molecule has 2 atom stereocenters. The molecule has 154 valence electrons. The number of nitrogens with zero attached hydrogens (tertiary/aromatic N) is 1. The maximum atomic E-state index is 12.6. The van der Waals surface area contributed by atoms with Crippen LogP contribution in [0.4, 0.5) is 4.79 Å². The van der Waals surface area contributed by atoms with Gasteiger partial charge in [-0.1, -0.05) is 26.2 Å². The number of carbonyl (C=O) groups is 2. The van der Waals surface area contributed by atoms with E-state index in [-0.39, 0.29) is 18.0 Å². The molecule has 3 amide bonds. The normalized spacial score (nSPS) is 26.4. The third kappa shape index (κ3) is 6.37. The molecule has 27 heavy (non-hydrogen) atoms. The van der Waals surface area contributed by atoms with E-state index < -0.39 is 0 Å². The number of hydrogen-bond donors (Lipinski definition) is 3. The van der Waals surface area contributed by atoms with E-state index in [0.29, 0.717) is 24.3 Å². The summed E-state index contributed by atoms with van der Waals surface area (Å²) < 4.78 is 0. The average Bonchev–Trinajstić information content (AvgIpc) is 2.70. The molecule has 2 saturated heterocycles. The van der Waals surface area contributed by atoms with E-state index >= 15 is 0 Å². The van der Waals surface area contributed by atoms with Crippen molar-refractivity contribution >= 4 is 11.9 Å². The quantitative estimate of drug-likeness (QED) is 0.688. The lowest BCUT2D eigenvalue weighted by Gasteiger charge is -2.35. The summed E-state index contributed by atoms with van der Waals surface area (Å²) in [5, 5.41) is 9.70. The molecular weight excluding hydrogens is 340 g/mol. The summed E-state index contributed by atoms with van der Waals surface area (Å²) in [4.78, 5) is 26.9. The molecule has 3 aliphatic rings. The van der Waals surface area contributed by atoms with Gasteiger partial charge >= 0.3 is 6.03 Å². The van der Waals surface area contributed by atoms with Crippen molar-refractivity contribution in [3.63, 3.8) is 0 Å². The first-order chi connectivity index (χ1) is 13.1. The van der Waals surface area contributed by atoms with Crippen LogP contribution >= 0.6 is 0 Å². The van der Waals surface area contributed by atoms with Crippen LogP contribution in [-0.4, -0.2) is 55.1 Å². The molecule has 1 aliphatic carbocycles. The first-order valence-corrected chi connectivity index (χ1v) is 11.2. The zero-order chi connectivity index (χ0) is 19.1. The summed E-state index contributed by atoms with van der Waals surface area (Å²) in [6.45, 7) is 5.92. The van der Waals surface area contributed by atoms with Gasteiger partial charge in [-0.2, -0.15) is 0 Å². The van der Waals surface area contributed by atoms with Gasteiger partial charge in [0.25, 0.3) is 0 Å². The number of hydrogen-bond acceptors (Lipinski definition) is 3. The van der Waals surface area contributed by atoms with Crippen molar-refractivity contribution in [3.8, 4) is 0 Å². The molecule has 2 heterocycles. The van der Waals surface area contributed by atoms with Crippen LogP contribution in [0.5, 0.6) is 0 Å². The Labute approximate surface area is 164 Å². The minimum atomic E-state index is -0.0231. The predicted molar refractivity (Wildman–Crippen MR) is 108 cm³/mol. The highest BCUT2D eigenvalue weighted by Crippen LogP contribution is 2.24. The second-order valence-electron chi connectivity index (χ2n) is 8.90. The maximum absolute atomic E-state index is 12.6. The molecule has 3 fully saturated rings. The first kappa shape index (κ1) is 20.4.